The maximum Gasteiger partial charge on any atom is 0.244 e. The van der Waals surface area contributed by atoms with E-state index in [1.807, 2.05) is 6.07 Å². The fourth-order valence-corrected chi connectivity index (χ4v) is 3.44. The van der Waals surface area contributed by atoms with E-state index in [0.717, 1.165) is 5.56 Å². The molecule has 1 aliphatic carbocycles. The Balaban J connectivity index is 2.25. The van der Waals surface area contributed by atoms with Crippen molar-refractivity contribution in [1.29, 1.82) is 0 Å². The molecule has 0 heterocycles. The average Bonchev–Trinajstić information content (AvgIpc) is 3.20. The monoisotopic (exact) mass is 302 g/mol. The van der Waals surface area contributed by atoms with Crippen LogP contribution in [0.15, 0.2) is 23.1 Å². The molecular formula is C13H19ClN2O2S. The van der Waals surface area contributed by atoms with Gasteiger partial charge in [-0.15, -0.1) is 0 Å². The van der Waals surface area contributed by atoms with Crippen LogP contribution in [0.5, 0.6) is 0 Å². The number of rotatable bonds is 6. The predicted molar refractivity (Wildman–Crippen MR) is 76.8 cm³/mol. The minimum Gasteiger partial charge on any atom is -0.310 e. The van der Waals surface area contributed by atoms with Crippen LogP contribution in [-0.2, 0) is 16.6 Å². The van der Waals surface area contributed by atoms with E-state index < -0.39 is 10.0 Å². The molecule has 1 fully saturated rings. The van der Waals surface area contributed by atoms with Gasteiger partial charge >= 0.3 is 0 Å². The van der Waals surface area contributed by atoms with Crippen molar-refractivity contribution in [2.75, 3.05) is 13.6 Å². The fraction of sp³-hybridized carbons (Fsp3) is 0.538. The van der Waals surface area contributed by atoms with Crippen LogP contribution in [0.2, 0.25) is 5.02 Å². The summed E-state index contributed by atoms with van der Waals surface area (Å²) in [4.78, 5) is 0.189. The van der Waals surface area contributed by atoms with Crippen LogP contribution >= 0.6 is 11.6 Å². The Hall–Kier alpha value is -0.620. The maximum atomic E-state index is 12.3. The van der Waals surface area contributed by atoms with Gasteiger partial charge in [-0.3, -0.25) is 0 Å². The van der Waals surface area contributed by atoms with Gasteiger partial charge in [0, 0.05) is 26.2 Å². The quantitative estimate of drug-likeness (QED) is 0.877. The molecule has 6 heteroatoms. The molecule has 2 rings (SSSR count). The van der Waals surface area contributed by atoms with Gasteiger partial charge in [0.05, 0.1) is 5.02 Å². The van der Waals surface area contributed by atoms with E-state index in [4.69, 9.17) is 11.6 Å². The Bertz CT molecular complexity index is 556. The molecule has 0 unspecified atom stereocenters. The van der Waals surface area contributed by atoms with Crippen molar-refractivity contribution >= 4 is 21.6 Å². The van der Waals surface area contributed by atoms with E-state index in [2.05, 4.69) is 5.32 Å². The number of nitrogens with one attached hydrogen (secondary N) is 1. The molecule has 0 aromatic heterocycles. The molecule has 1 aromatic carbocycles. The number of hydrogen-bond donors (Lipinski definition) is 1. The smallest absolute Gasteiger partial charge is 0.244 e. The van der Waals surface area contributed by atoms with Gasteiger partial charge in [0.15, 0.2) is 0 Å². The van der Waals surface area contributed by atoms with Crippen LogP contribution < -0.4 is 5.32 Å². The summed E-state index contributed by atoms with van der Waals surface area (Å²) < 4.78 is 25.9. The Morgan fingerprint density at radius 2 is 2.11 bits per heavy atom. The molecule has 1 aliphatic rings. The van der Waals surface area contributed by atoms with Crippen LogP contribution in [0.4, 0.5) is 0 Å². The fourth-order valence-electron chi connectivity index (χ4n) is 1.74. The largest absolute Gasteiger partial charge is 0.310 e. The molecule has 19 heavy (non-hydrogen) atoms. The van der Waals surface area contributed by atoms with Crippen molar-refractivity contribution in [2.45, 2.75) is 37.2 Å². The summed E-state index contributed by atoms with van der Waals surface area (Å²) in [6.07, 6.45) is 2.41. The highest BCUT2D eigenvalue weighted by Crippen LogP contribution is 2.26. The molecule has 0 saturated heterocycles. The van der Waals surface area contributed by atoms with E-state index in [1.165, 1.54) is 17.1 Å². The van der Waals surface area contributed by atoms with Crippen LogP contribution in [0.3, 0.4) is 0 Å². The third-order valence-corrected chi connectivity index (χ3v) is 5.72. The molecule has 0 bridgehead atoms. The third kappa shape index (κ3) is 3.48. The molecule has 0 atom stereocenters. The third-order valence-electron chi connectivity index (χ3n) is 3.30. The van der Waals surface area contributed by atoms with Crippen LogP contribution in [-0.4, -0.2) is 32.4 Å². The van der Waals surface area contributed by atoms with Crippen molar-refractivity contribution in [1.82, 2.24) is 9.62 Å². The summed E-state index contributed by atoms with van der Waals surface area (Å²) in [5.41, 5.74) is 0.944. The minimum absolute atomic E-state index is 0.189. The lowest BCUT2D eigenvalue weighted by atomic mass is 10.2. The summed E-state index contributed by atoms with van der Waals surface area (Å²) in [6.45, 7) is 2.90. The molecule has 0 aliphatic heterocycles. The minimum atomic E-state index is -3.49. The zero-order valence-electron chi connectivity index (χ0n) is 11.2. The maximum absolute atomic E-state index is 12.3. The van der Waals surface area contributed by atoms with Gasteiger partial charge in [-0.2, -0.15) is 0 Å². The second-order valence-electron chi connectivity index (χ2n) is 4.84. The zero-order chi connectivity index (χ0) is 14.0. The molecular weight excluding hydrogens is 284 g/mol. The summed E-state index contributed by atoms with van der Waals surface area (Å²) in [6, 6.07) is 5.78. The van der Waals surface area contributed by atoms with Gasteiger partial charge in [-0.05, 0) is 30.5 Å². The lowest BCUT2D eigenvalue weighted by molar-refractivity contribution is 0.486. The summed E-state index contributed by atoms with van der Waals surface area (Å²) in [5, 5.41) is 3.64. The first-order chi connectivity index (χ1) is 8.95. The van der Waals surface area contributed by atoms with Crippen molar-refractivity contribution in [3.63, 3.8) is 0 Å². The van der Waals surface area contributed by atoms with Crippen LogP contribution in [0, 0.1) is 0 Å². The highest BCUT2D eigenvalue weighted by molar-refractivity contribution is 7.89. The summed E-state index contributed by atoms with van der Waals surface area (Å²) in [5.74, 6) is 0. The normalized spacial score (nSPS) is 16.0. The standard InChI is InChI=1S/C13H19ClN2O2S/c1-3-16(2)19(17,18)13-8-10(4-7-12(13)14)9-15-11-5-6-11/h4,7-8,11,15H,3,5-6,9H2,1-2H3. The number of benzene rings is 1. The summed E-state index contributed by atoms with van der Waals surface area (Å²) >= 11 is 6.03. The van der Waals surface area contributed by atoms with E-state index in [9.17, 15) is 8.42 Å². The molecule has 1 N–H and O–H groups in total. The lowest BCUT2D eigenvalue weighted by Crippen LogP contribution is -2.27. The SMILES string of the molecule is CCN(C)S(=O)(=O)c1cc(CNC2CC2)ccc1Cl. The van der Waals surface area contributed by atoms with Crippen molar-refractivity contribution in [2.24, 2.45) is 0 Å². The Morgan fingerprint density at radius 1 is 1.42 bits per heavy atom. The van der Waals surface area contributed by atoms with E-state index in [0.29, 0.717) is 19.1 Å². The second kappa shape index (κ2) is 5.79. The van der Waals surface area contributed by atoms with Gasteiger partial charge in [0.25, 0.3) is 0 Å². The second-order valence-corrected chi connectivity index (χ2v) is 7.26. The van der Waals surface area contributed by atoms with Gasteiger partial charge < -0.3 is 5.32 Å². The molecule has 0 spiro atoms. The summed E-state index contributed by atoms with van der Waals surface area (Å²) in [7, 11) is -1.94. The van der Waals surface area contributed by atoms with Crippen LogP contribution in [0.25, 0.3) is 0 Å². The highest BCUT2D eigenvalue weighted by Gasteiger charge is 2.24. The predicted octanol–water partition coefficient (Wildman–Crippen LogP) is 2.23. The molecule has 1 saturated carbocycles. The Labute approximate surface area is 119 Å². The topological polar surface area (TPSA) is 49.4 Å². The van der Waals surface area contributed by atoms with Gasteiger partial charge in [-0.1, -0.05) is 24.6 Å². The van der Waals surface area contributed by atoms with Crippen LogP contribution in [0.1, 0.15) is 25.3 Å². The number of hydrogen-bond acceptors (Lipinski definition) is 3. The first kappa shape index (κ1) is 14.8. The highest BCUT2D eigenvalue weighted by atomic mass is 35.5. The molecule has 0 amide bonds. The number of sulfonamides is 1. The Morgan fingerprint density at radius 3 is 2.68 bits per heavy atom. The van der Waals surface area contributed by atoms with Gasteiger partial charge in [0.2, 0.25) is 10.0 Å². The number of halogens is 1. The van der Waals surface area contributed by atoms with Crippen molar-refractivity contribution < 1.29 is 8.42 Å². The van der Waals surface area contributed by atoms with Crippen molar-refractivity contribution in [3.8, 4) is 0 Å². The zero-order valence-corrected chi connectivity index (χ0v) is 12.8. The molecule has 0 radical (unpaired) electrons. The molecule has 106 valence electrons. The first-order valence-corrected chi connectivity index (χ1v) is 8.25. The van der Waals surface area contributed by atoms with E-state index >= 15 is 0 Å². The van der Waals surface area contributed by atoms with Gasteiger partial charge in [-0.25, -0.2) is 12.7 Å². The molecule has 1 aromatic rings. The van der Waals surface area contributed by atoms with E-state index in [1.54, 1.807) is 26.1 Å². The number of nitrogens with zero attached hydrogens (tertiary/aromatic N) is 1. The lowest BCUT2D eigenvalue weighted by Gasteiger charge is -2.16. The van der Waals surface area contributed by atoms with E-state index in [-0.39, 0.29) is 9.92 Å². The first-order valence-electron chi connectivity index (χ1n) is 6.43. The average molecular weight is 303 g/mol. The molecule has 4 nitrogen and oxygen atoms in total. The van der Waals surface area contributed by atoms with Crippen molar-refractivity contribution in [3.05, 3.63) is 28.8 Å². The van der Waals surface area contributed by atoms with Gasteiger partial charge in [0.1, 0.15) is 4.90 Å². The Kier molecular flexibility index (Phi) is 4.50.